The third-order valence-electron chi connectivity index (χ3n) is 3.79. The van der Waals surface area contributed by atoms with Crippen LogP contribution in [-0.4, -0.2) is 31.8 Å². The van der Waals surface area contributed by atoms with Crippen molar-refractivity contribution in [3.63, 3.8) is 0 Å². The van der Waals surface area contributed by atoms with Crippen molar-refractivity contribution in [3.8, 4) is 5.75 Å². The van der Waals surface area contributed by atoms with Crippen LogP contribution in [0.4, 0.5) is 11.4 Å². The van der Waals surface area contributed by atoms with Crippen molar-refractivity contribution in [2.45, 2.75) is 20.8 Å². The maximum atomic E-state index is 12.9. The fourth-order valence-corrected chi connectivity index (χ4v) is 2.53. The quantitative estimate of drug-likeness (QED) is 0.647. The molecule has 2 amide bonds. The summed E-state index contributed by atoms with van der Waals surface area (Å²) in [6.45, 7) is 6.30. The first kappa shape index (κ1) is 20.2. The Morgan fingerprint density at radius 2 is 1.70 bits per heavy atom. The van der Waals surface area contributed by atoms with E-state index >= 15 is 0 Å². The van der Waals surface area contributed by atoms with Crippen LogP contribution in [0, 0.1) is 5.41 Å². The zero-order valence-corrected chi connectivity index (χ0v) is 16.0. The van der Waals surface area contributed by atoms with Gasteiger partial charge in [0.05, 0.1) is 12.8 Å². The topological polar surface area (TPSA) is 75.7 Å². The summed E-state index contributed by atoms with van der Waals surface area (Å²) >= 11 is 0. The number of nitrogens with one attached hydrogen (secondary N) is 1. The summed E-state index contributed by atoms with van der Waals surface area (Å²) in [6, 6.07) is 13.5. The van der Waals surface area contributed by atoms with Crippen molar-refractivity contribution >= 4 is 29.5 Å². The van der Waals surface area contributed by atoms with Crippen LogP contribution in [0.2, 0.25) is 0 Å². The molecule has 2 rings (SSSR count). The molecule has 0 radical (unpaired) electrons. The fourth-order valence-electron chi connectivity index (χ4n) is 2.53. The van der Waals surface area contributed by atoms with E-state index in [2.05, 4.69) is 5.32 Å². The molecule has 0 saturated carbocycles. The summed E-state index contributed by atoms with van der Waals surface area (Å²) < 4.78 is 5.15. The highest BCUT2D eigenvalue weighted by Crippen LogP contribution is 2.24. The van der Waals surface area contributed by atoms with Crippen molar-refractivity contribution in [3.05, 3.63) is 54.1 Å². The molecule has 0 unspecified atom stereocenters. The molecule has 6 heteroatoms. The largest absolute Gasteiger partial charge is 0.497 e. The van der Waals surface area contributed by atoms with E-state index in [-0.39, 0.29) is 5.41 Å². The number of anilines is 2. The highest BCUT2D eigenvalue weighted by atomic mass is 16.5. The Kier molecular flexibility index (Phi) is 6.34. The van der Waals surface area contributed by atoms with Crippen molar-refractivity contribution in [1.82, 2.24) is 0 Å². The number of aldehydes is 1. The van der Waals surface area contributed by atoms with Gasteiger partial charge in [0.1, 0.15) is 5.75 Å². The number of hydrogen-bond acceptors (Lipinski definition) is 4. The van der Waals surface area contributed by atoms with Crippen molar-refractivity contribution in [2.75, 3.05) is 23.9 Å². The maximum absolute atomic E-state index is 12.9. The number of rotatable bonds is 5. The van der Waals surface area contributed by atoms with E-state index in [0.29, 0.717) is 35.5 Å². The molecule has 2 aromatic rings. The molecule has 0 aliphatic carbocycles. The van der Waals surface area contributed by atoms with E-state index < -0.39 is 11.8 Å². The second-order valence-electron chi connectivity index (χ2n) is 7.31. The van der Waals surface area contributed by atoms with Crippen LogP contribution in [0.25, 0.3) is 0 Å². The third-order valence-corrected chi connectivity index (χ3v) is 3.79. The van der Waals surface area contributed by atoms with Crippen LogP contribution < -0.4 is 15.0 Å². The smallest absolute Gasteiger partial charge is 0.316 e. The Bertz CT molecular complexity index is 823. The molecule has 2 aromatic carbocycles. The molecular formula is C21H24N2O4. The first-order chi connectivity index (χ1) is 12.7. The summed E-state index contributed by atoms with van der Waals surface area (Å²) in [7, 11) is 1.56. The van der Waals surface area contributed by atoms with Crippen LogP contribution in [0.3, 0.4) is 0 Å². The van der Waals surface area contributed by atoms with Gasteiger partial charge in [-0.15, -0.1) is 0 Å². The average Bonchev–Trinajstić information content (AvgIpc) is 2.65. The predicted octanol–water partition coefficient (Wildman–Crippen LogP) is 3.53. The van der Waals surface area contributed by atoms with E-state index in [4.69, 9.17) is 4.74 Å². The van der Waals surface area contributed by atoms with Gasteiger partial charge in [-0.25, -0.2) is 0 Å². The predicted molar refractivity (Wildman–Crippen MR) is 105 cm³/mol. The Labute approximate surface area is 159 Å². The molecule has 0 fully saturated rings. The summed E-state index contributed by atoms with van der Waals surface area (Å²) in [5.41, 5.74) is 0.979. The second kappa shape index (κ2) is 8.49. The molecule has 1 N–H and O–H groups in total. The number of ether oxygens (including phenoxy) is 1. The van der Waals surface area contributed by atoms with Crippen molar-refractivity contribution in [1.29, 1.82) is 0 Å². The third kappa shape index (κ3) is 5.41. The van der Waals surface area contributed by atoms with Crippen LogP contribution in [-0.2, 0) is 9.59 Å². The van der Waals surface area contributed by atoms with Crippen molar-refractivity contribution in [2.24, 2.45) is 5.41 Å². The van der Waals surface area contributed by atoms with E-state index in [1.807, 2.05) is 20.8 Å². The Morgan fingerprint density at radius 3 is 2.26 bits per heavy atom. The lowest BCUT2D eigenvalue weighted by atomic mass is 9.95. The summed E-state index contributed by atoms with van der Waals surface area (Å²) in [5.74, 6) is -0.841. The van der Waals surface area contributed by atoms with E-state index in [1.165, 1.54) is 4.90 Å². The number of methoxy groups -OCH3 is 1. The van der Waals surface area contributed by atoms with Gasteiger partial charge < -0.3 is 15.0 Å². The SMILES string of the molecule is COc1ccc(N(CC(C)(C)C)C(=O)C(=O)Nc2ccccc2C=O)cc1. The van der Waals surface area contributed by atoms with Crippen LogP contribution >= 0.6 is 0 Å². The molecule has 6 nitrogen and oxygen atoms in total. The Morgan fingerprint density at radius 1 is 1.07 bits per heavy atom. The Hall–Kier alpha value is -3.15. The molecule has 0 aliphatic rings. The lowest BCUT2D eigenvalue weighted by Gasteiger charge is -2.29. The normalized spacial score (nSPS) is 10.8. The van der Waals surface area contributed by atoms with Gasteiger partial charge in [0.25, 0.3) is 0 Å². The van der Waals surface area contributed by atoms with Gasteiger partial charge in [-0.1, -0.05) is 32.9 Å². The minimum atomic E-state index is -0.802. The molecule has 0 atom stereocenters. The van der Waals surface area contributed by atoms with Gasteiger partial charge in [-0.05, 0) is 41.8 Å². The Balaban J connectivity index is 2.29. The first-order valence-electron chi connectivity index (χ1n) is 8.56. The molecule has 0 aliphatic heterocycles. The van der Waals surface area contributed by atoms with Gasteiger partial charge in [0.2, 0.25) is 0 Å². The lowest BCUT2D eigenvalue weighted by Crippen LogP contribution is -2.44. The standard InChI is InChI=1S/C21H24N2O4/c1-21(2,3)14-23(16-9-11-17(27-4)12-10-16)20(26)19(25)22-18-8-6-5-7-15(18)13-24/h5-13H,14H2,1-4H3,(H,22,25). The fraction of sp³-hybridized carbons (Fsp3) is 0.286. The molecule has 0 aromatic heterocycles. The van der Waals surface area contributed by atoms with E-state index in [9.17, 15) is 14.4 Å². The summed E-state index contributed by atoms with van der Waals surface area (Å²) in [4.78, 5) is 38.0. The average molecular weight is 368 g/mol. The highest BCUT2D eigenvalue weighted by molar-refractivity contribution is 6.44. The summed E-state index contributed by atoms with van der Waals surface area (Å²) in [6.07, 6.45) is 0.635. The number of carbonyl (C=O) groups is 3. The van der Waals surface area contributed by atoms with Gasteiger partial charge in [0, 0.05) is 17.8 Å². The number of nitrogens with zero attached hydrogens (tertiary/aromatic N) is 1. The molecule has 0 spiro atoms. The molecule has 0 bridgehead atoms. The van der Waals surface area contributed by atoms with Gasteiger partial charge in [-0.2, -0.15) is 0 Å². The number of benzene rings is 2. The van der Waals surface area contributed by atoms with Gasteiger partial charge >= 0.3 is 11.8 Å². The minimum absolute atomic E-state index is 0.226. The van der Waals surface area contributed by atoms with E-state index in [1.54, 1.807) is 55.6 Å². The van der Waals surface area contributed by atoms with Gasteiger partial charge in [0.15, 0.2) is 6.29 Å². The summed E-state index contributed by atoms with van der Waals surface area (Å²) in [5, 5.41) is 2.53. The van der Waals surface area contributed by atoms with Crippen LogP contribution in [0.15, 0.2) is 48.5 Å². The number of para-hydroxylation sites is 1. The molecule has 0 saturated heterocycles. The minimum Gasteiger partial charge on any atom is -0.497 e. The van der Waals surface area contributed by atoms with Gasteiger partial charge in [-0.3, -0.25) is 14.4 Å². The number of amides is 2. The highest BCUT2D eigenvalue weighted by Gasteiger charge is 2.28. The molecule has 27 heavy (non-hydrogen) atoms. The number of hydrogen-bond donors (Lipinski definition) is 1. The monoisotopic (exact) mass is 368 g/mol. The second-order valence-corrected chi connectivity index (χ2v) is 7.31. The number of carbonyl (C=O) groups excluding carboxylic acids is 3. The van der Waals surface area contributed by atoms with E-state index in [0.717, 1.165) is 0 Å². The van der Waals surface area contributed by atoms with Crippen LogP contribution in [0.1, 0.15) is 31.1 Å². The zero-order valence-electron chi connectivity index (χ0n) is 16.0. The first-order valence-corrected chi connectivity index (χ1v) is 8.56. The lowest BCUT2D eigenvalue weighted by molar-refractivity contribution is -0.134. The van der Waals surface area contributed by atoms with Crippen molar-refractivity contribution < 1.29 is 19.1 Å². The molecular weight excluding hydrogens is 344 g/mol. The zero-order chi connectivity index (χ0) is 20.0. The molecule has 0 heterocycles. The molecule has 142 valence electrons. The maximum Gasteiger partial charge on any atom is 0.316 e. The van der Waals surface area contributed by atoms with Crippen LogP contribution in [0.5, 0.6) is 5.75 Å².